The van der Waals surface area contributed by atoms with Crippen molar-refractivity contribution in [3.63, 3.8) is 0 Å². The molecule has 0 amide bonds. The summed E-state index contributed by atoms with van der Waals surface area (Å²) >= 11 is 0. The van der Waals surface area contributed by atoms with E-state index in [0.29, 0.717) is 27.4 Å². The molecule has 3 N–H and O–H groups in total. The molecule has 4 aromatic carbocycles. The minimum Gasteiger partial charge on any atom is -0.398 e. The van der Waals surface area contributed by atoms with Gasteiger partial charge in [-0.25, -0.2) is 13.6 Å². The van der Waals surface area contributed by atoms with Crippen LogP contribution in [0.15, 0.2) is 88.1 Å². The van der Waals surface area contributed by atoms with Gasteiger partial charge in [0.25, 0.3) is 0 Å². The summed E-state index contributed by atoms with van der Waals surface area (Å²) in [6, 6.07) is 23.4. The number of anilines is 1. The van der Waals surface area contributed by atoms with Crippen LogP contribution in [0.5, 0.6) is 0 Å². The number of nitrogens with one attached hydrogen (secondary N) is 1. The van der Waals surface area contributed by atoms with E-state index in [9.17, 15) is 8.60 Å². The van der Waals surface area contributed by atoms with Crippen molar-refractivity contribution in [1.82, 2.24) is 4.98 Å². The minimum atomic E-state index is -2.87. The summed E-state index contributed by atoms with van der Waals surface area (Å²) in [6.45, 7) is 4.04. The molecule has 0 bridgehead atoms. The lowest BCUT2D eigenvalue weighted by Gasteiger charge is -2.18. The van der Waals surface area contributed by atoms with Gasteiger partial charge in [0, 0.05) is 41.0 Å². The monoisotopic (exact) mass is 512 g/mol. The normalized spacial score (nSPS) is 13.1. The van der Waals surface area contributed by atoms with Gasteiger partial charge in [0.1, 0.15) is 5.82 Å². The summed E-state index contributed by atoms with van der Waals surface area (Å²) in [4.78, 5) is 5.53. The Bertz CT molecular complexity index is 1810. The third-order valence-electron chi connectivity index (χ3n) is 6.47. The first kappa shape index (κ1) is 24.6. The Morgan fingerprint density at radius 1 is 1.00 bits per heavy atom. The second-order valence-corrected chi connectivity index (χ2v) is 11.7. The molecule has 1 unspecified atom stereocenters. The Hall–Kier alpha value is -4.10. The summed E-state index contributed by atoms with van der Waals surface area (Å²) in [6.07, 6.45) is 2.82. The standard InChI is InChI=1S/C30H27FN4OS.H2/c1-18(2)29-28(20-8-11-23(31)12-9-20)25-15-22(17-32)27(33)16-26(25)30(34-29)35-37(3,36)24-13-10-19-6-4-5-7-21(19)14-24;/h4-18,32H,33H2,1-3H3;1H. The number of benzene rings is 4. The molecule has 0 radical (unpaired) electrons. The fourth-order valence-corrected chi connectivity index (χ4v) is 5.79. The molecule has 1 aromatic heterocycles. The number of fused-ring (bicyclic) bond motifs is 2. The van der Waals surface area contributed by atoms with Gasteiger partial charge in [-0.2, -0.15) is 4.36 Å². The molecule has 5 aromatic rings. The van der Waals surface area contributed by atoms with Crippen LogP contribution in [0.3, 0.4) is 0 Å². The molecule has 0 aliphatic carbocycles. The lowest BCUT2D eigenvalue weighted by molar-refractivity contribution is 0.628. The SMILES string of the molecule is CC(C)c1nc(N=S(C)(=O)c2ccc3ccccc3c2)c2cc(N)c(C=N)cc2c1-c1ccc(F)cc1.[HH]. The number of hydrogen-bond acceptors (Lipinski definition) is 5. The number of nitrogens with zero attached hydrogens (tertiary/aromatic N) is 2. The maximum atomic E-state index is 14.0. The smallest absolute Gasteiger partial charge is 0.170 e. The average Bonchev–Trinajstić information content (AvgIpc) is 2.88. The van der Waals surface area contributed by atoms with Crippen molar-refractivity contribution in [3.8, 4) is 11.1 Å². The van der Waals surface area contributed by atoms with Crippen LogP contribution in [0.1, 0.15) is 32.4 Å². The van der Waals surface area contributed by atoms with E-state index in [1.54, 1.807) is 24.5 Å². The summed E-state index contributed by atoms with van der Waals surface area (Å²) in [7, 11) is -2.87. The van der Waals surface area contributed by atoms with Gasteiger partial charge in [-0.1, -0.05) is 56.3 Å². The van der Waals surface area contributed by atoms with E-state index in [-0.39, 0.29) is 13.2 Å². The number of halogens is 1. The first-order valence-electron chi connectivity index (χ1n) is 11.9. The molecular formula is C30H29FN4OS. The zero-order valence-corrected chi connectivity index (χ0v) is 21.6. The van der Waals surface area contributed by atoms with Gasteiger partial charge in [0.05, 0.1) is 15.4 Å². The van der Waals surface area contributed by atoms with E-state index in [0.717, 1.165) is 33.0 Å². The predicted molar refractivity (Wildman–Crippen MR) is 154 cm³/mol. The molecule has 0 aliphatic heterocycles. The molecule has 37 heavy (non-hydrogen) atoms. The molecule has 0 spiro atoms. The summed E-state index contributed by atoms with van der Waals surface area (Å²) in [5.74, 6) is -0.00863. The molecule has 0 fully saturated rings. The quantitative estimate of drug-likeness (QED) is 0.185. The van der Waals surface area contributed by atoms with Crippen LogP contribution in [0.4, 0.5) is 15.9 Å². The fourth-order valence-electron chi connectivity index (χ4n) is 4.55. The third kappa shape index (κ3) is 4.58. The molecule has 0 saturated heterocycles. The minimum absolute atomic E-state index is 0. The molecular weight excluding hydrogens is 483 g/mol. The van der Waals surface area contributed by atoms with Gasteiger partial charge < -0.3 is 11.1 Å². The first-order chi connectivity index (χ1) is 17.7. The Morgan fingerprint density at radius 3 is 2.38 bits per heavy atom. The lowest BCUT2D eigenvalue weighted by Crippen LogP contribution is -2.03. The second-order valence-electron chi connectivity index (χ2n) is 9.43. The zero-order chi connectivity index (χ0) is 26.3. The molecule has 5 nitrogen and oxygen atoms in total. The number of aromatic nitrogens is 1. The van der Waals surface area contributed by atoms with Crippen molar-refractivity contribution < 1.29 is 10.0 Å². The van der Waals surface area contributed by atoms with Crippen molar-refractivity contribution >= 4 is 49.0 Å². The van der Waals surface area contributed by atoms with Crippen molar-refractivity contribution in [2.24, 2.45) is 4.36 Å². The second kappa shape index (κ2) is 9.41. The highest BCUT2D eigenvalue weighted by atomic mass is 32.2. The van der Waals surface area contributed by atoms with Crippen molar-refractivity contribution in [1.29, 1.82) is 5.41 Å². The first-order valence-corrected chi connectivity index (χ1v) is 13.8. The summed E-state index contributed by atoms with van der Waals surface area (Å²) in [5, 5.41) is 11.3. The number of hydrogen-bond donors (Lipinski definition) is 2. The highest BCUT2D eigenvalue weighted by Gasteiger charge is 2.20. The Labute approximate surface area is 217 Å². The molecule has 5 rings (SSSR count). The topological polar surface area (TPSA) is 92.2 Å². The molecule has 7 heteroatoms. The molecule has 1 heterocycles. The number of pyridine rings is 1. The van der Waals surface area contributed by atoms with Gasteiger partial charge in [0.2, 0.25) is 0 Å². The predicted octanol–water partition coefficient (Wildman–Crippen LogP) is 7.93. The fraction of sp³-hybridized carbons (Fsp3) is 0.133. The van der Waals surface area contributed by atoms with Crippen molar-refractivity contribution in [2.75, 3.05) is 12.0 Å². The Morgan fingerprint density at radius 2 is 1.70 bits per heavy atom. The van der Waals surface area contributed by atoms with Gasteiger partial charge in [-0.3, -0.25) is 0 Å². The van der Waals surface area contributed by atoms with E-state index in [4.69, 9.17) is 20.5 Å². The lowest BCUT2D eigenvalue weighted by atomic mass is 9.91. The van der Waals surface area contributed by atoms with Gasteiger partial charge in [-0.15, -0.1) is 0 Å². The van der Waals surface area contributed by atoms with E-state index in [1.807, 2.05) is 62.4 Å². The largest absolute Gasteiger partial charge is 0.398 e. The van der Waals surface area contributed by atoms with Crippen LogP contribution >= 0.6 is 0 Å². The van der Waals surface area contributed by atoms with E-state index in [2.05, 4.69) is 0 Å². The number of nitrogen functional groups attached to an aromatic ring is 1. The summed E-state index contributed by atoms with van der Waals surface area (Å²) in [5.41, 5.74) is 9.57. The molecule has 0 aliphatic rings. The molecule has 188 valence electrons. The van der Waals surface area contributed by atoms with Gasteiger partial charge in [-0.05, 0) is 64.0 Å². The number of nitrogens with two attached hydrogens (primary N) is 1. The Balaban J connectivity index is 0.00000336. The van der Waals surface area contributed by atoms with E-state index in [1.165, 1.54) is 18.3 Å². The number of rotatable bonds is 5. The maximum Gasteiger partial charge on any atom is 0.170 e. The molecule has 1 atom stereocenters. The Kier molecular flexibility index (Phi) is 6.25. The zero-order valence-electron chi connectivity index (χ0n) is 20.8. The van der Waals surface area contributed by atoms with Crippen molar-refractivity contribution in [3.05, 3.63) is 95.9 Å². The summed E-state index contributed by atoms with van der Waals surface area (Å²) < 4.78 is 32.5. The highest BCUT2D eigenvalue weighted by molar-refractivity contribution is 7.93. The van der Waals surface area contributed by atoms with E-state index >= 15 is 0 Å². The van der Waals surface area contributed by atoms with Gasteiger partial charge in [0.15, 0.2) is 5.82 Å². The van der Waals surface area contributed by atoms with Crippen molar-refractivity contribution in [2.45, 2.75) is 24.7 Å². The van der Waals surface area contributed by atoms with Crippen LogP contribution in [-0.4, -0.2) is 21.7 Å². The van der Waals surface area contributed by atoms with Crippen LogP contribution in [0, 0.1) is 11.2 Å². The van der Waals surface area contributed by atoms with Crippen LogP contribution < -0.4 is 5.73 Å². The van der Waals surface area contributed by atoms with Crippen LogP contribution in [0.25, 0.3) is 32.7 Å². The maximum absolute atomic E-state index is 14.0. The third-order valence-corrected chi connectivity index (χ3v) is 8.12. The molecule has 0 saturated carbocycles. The van der Waals surface area contributed by atoms with E-state index < -0.39 is 9.73 Å². The van der Waals surface area contributed by atoms with Crippen LogP contribution in [0.2, 0.25) is 0 Å². The highest BCUT2D eigenvalue weighted by Crippen LogP contribution is 2.41. The van der Waals surface area contributed by atoms with Crippen LogP contribution in [-0.2, 0) is 9.73 Å². The average molecular weight is 513 g/mol. The van der Waals surface area contributed by atoms with Gasteiger partial charge >= 0.3 is 0 Å².